The van der Waals surface area contributed by atoms with Crippen LogP contribution in [-0.2, 0) is 4.79 Å². The first-order chi connectivity index (χ1) is 5.46. The highest BCUT2D eigenvalue weighted by Gasteiger charge is 2.45. The van der Waals surface area contributed by atoms with Crippen LogP contribution in [0.4, 0.5) is 0 Å². The number of rotatable bonds is 3. The lowest BCUT2D eigenvalue weighted by Crippen LogP contribution is -2.22. The van der Waals surface area contributed by atoms with Crippen LogP contribution < -0.4 is 0 Å². The van der Waals surface area contributed by atoms with Crippen molar-refractivity contribution in [1.82, 2.24) is 0 Å². The van der Waals surface area contributed by atoms with E-state index in [1.54, 1.807) is 0 Å². The first-order valence-electron chi connectivity index (χ1n) is 5.01. The van der Waals surface area contributed by atoms with Gasteiger partial charge in [0.25, 0.3) is 0 Å². The van der Waals surface area contributed by atoms with Crippen molar-refractivity contribution in [3.05, 3.63) is 0 Å². The Bertz CT molecular complexity index is 176. The molecule has 0 radical (unpaired) electrons. The standard InChI is InChI=1S/C11H20O/c1-5-6-8-7-9(8)10(12)11(2,3)4/h8-9H,5-7H2,1-4H3/t8-,9+/m1/s1. The van der Waals surface area contributed by atoms with E-state index in [1.807, 2.05) is 20.8 Å². The number of Topliss-reactive ketones (excluding diaryl/α,β-unsaturated/α-hetero) is 1. The van der Waals surface area contributed by atoms with Gasteiger partial charge in [-0.05, 0) is 18.8 Å². The Morgan fingerprint density at radius 2 is 2.00 bits per heavy atom. The zero-order chi connectivity index (χ0) is 9.35. The van der Waals surface area contributed by atoms with Gasteiger partial charge in [0.05, 0.1) is 0 Å². The number of carbonyl (C=O) groups excluding carboxylic acids is 1. The number of hydrogen-bond donors (Lipinski definition) is 0. The van der Waals surface area contributed by atoms with Gasteiger partial charge in [0.1, 0.15) is 5.78 Å². The van der Waals surface area contributed by atoms with Crippen LogP contribution in [0.2, 0.25) is 0 Å². The molecule has 2 atom stereocenters. The highest BCUT2D eigenvalue weighted by atomic mass is 16.1. The van der Waals surface area contributed by atoms with Crippen LogP contribution in [0.3, 0.4) is 0 Å². The summed E-state index contributed by atoms with van der Waals surface area (Å²) in [5, 5.41) is 0. The molecule has 1 saturated carbocycles. The lowest BCUT2D eigenvalue weighted by molar-refractivity contribution is -0.127. The van der Waals surface area contributed by atoms with Crippen molar-refractivity contribution < 1.29 is 4.79 Å². The molecular weight excluding hydrogens is 148 g/mol. The Balaban J connectivity index is 2.38. The molecule has 1 aliphatic rings. The Labute approximate surface area is 75.5 Å². The third kappa shape index (κ3) is 2.09. The topological polar surface area (TPSA) is 17.1 Å². The predicted octanol–water partition coefficient (Wildman–Crippen LogP) is 3.04. The van der Waals surface area contributed by atoms with Crippen molar-refractivity contribution in [1.29, 1.82) is 0 Å². The van der Waals surface area contributed by atoms with Gasteiger partial charge in [0, 0.05) is 11.3 Å². The normalized spacial score (nSPS) is 28.7. The molecule has 0 bridgehead atoms. The minimum absolute atomic E-state index is 0.118. The Kier molecular flexibility index (Phi) is 2.60. The molecule has 1 rings (SSSR count). The van der Waals surface area contributed by atoms with E-state index < -0.39 is 0 Å². The van der Waals surface area contributed by atoms with Crippen LogP contribution in [0.15, 0.2) is 0 Å². The van der Waals surface area contributed by atoms with E-state index in [-0.39, 0.29) is 5.41 Å². The molecule has 0 unspecified atom stereocenters. The molecule has 0 heterocycles. The maximum absolute atomic E-state index is 11.7. The van der Waals surface area contributed by atoms with Gasteiger partial charge < -0.3 is 0 Å². The molecule has 1 nitrogen and oxygen atoms in total. The van der Waals surface area contributed by atoms with Gasteiger partial charge in [0.15, 0.2) is 0 Å². The minimum Gasteiger partial charge on any atom is -0.299 e. The largest absolute Gasteiger partial charge is 0.299 e. The molecule has 1 fully saturated rings. The average Bonchev–Trinajstić information content (AvgIpc) is 2.65. The van der Waals surface area contributed by atoms with E-state index in [2.05, 4.69) is 6.92 Å². The first-order valence-corrected chi connectivity index (χ1v) is 5.01. The molecule has 1 heteroatoms. The van der Waals surface area contributed by atoms with E-state index in [9.17, 15) is 4.79 Å². The molecule has 0 saturated heterocycles. The third-order valence-electron chi connectivity index (χ3n) is 2.66. The maximum atomic E-state index is 11.7. The van der Waals surface area contributed by atoms with E-state index >= 15 is 0 Å². The molecule has 0 spiro atoms. The minimum atomic E-state index is -0.118. The van der Waals surface area contributed by atoms with E-state index in [4.69, 9.17) is 0 Å². The number of hydrogen-bond acceptors (Lipinski definition) is 1. The summed E-state index contributed by atoms with van der Waals surface area (Å²) in [6, 6.07) is 0. The van der Waals surface area contributed by atoms with Crippen LogP contribution in [0.1, 0.15) is 47.0 Å². The van der Waals surface area contributed by atoms with Gasteiger partial charge in [0.2, 0.25) is 0 Å². The molecule has 0 aromatic rings. The van der Waals surface area contributed by atoms with Crippen molar-refractivity contribution in [2.75, 3.05) is 0 Å². The van der Waals surface area contributed by atoms with Crippen LogP contribution >= 0.6 is 0 Å². The summed E-state index contributed by atoms with van der Waals surface area (Å²) in [5.74, 6) is 1.60. The zero-order valence-electron chi connectivity index (χ0n) is 8.68. The van der Waals surface area contributed by atoms with Crippen molar-refractivity contribution in [3.63, 3.8) is 0 Å². The summed E-state index contributed by atoms with van der Waals surface area (Å²) in [7, 11) is 0. The highest BCUT2D eigenvalue weighted by Crippen LogP contribution is 2.46. The second kappa shape index (κ2) is 3.20. The fraction of sp³-hybridized carbons (Fsp3) is 0.909. The van der Waals surface area contributed by atoms with Crippen LogP contribution in [-0.4, -0.2) is 5.78 Å². The second-order valence-corrected chi connectivity index (χ2v) is 5.01. The average molecular weight is 168 g/mol. The molecule has 70 valence electrons. The fourth-order valence-corrected chi connectivity index (χ4v) is 1.81. The summed E-state index contributed by atoms with van der Waals surface area (Å²) in [4.78, 5) is 11.7. The molecule has 0 aromatic heterocycles. The Morgan fingerprint density at radius 3 is 2.42 bits per heavy atom. The SMILES string of the molecule is CCC[C@@H]1C[C@@H]1C(=O)C(C)(C)C. The highest BCUT2D eigenvalue weighted by molar-refractivity contribution is 5.88. The summed E-state index contributed by atoms with van der Waals surface area (Å²) in [5.41, 5.74) is -0.118. The van der Waals surface area contributed by atoms with Gasteiger partial charge in [-0.3, -0.25) is 4.79 Å². The molecule has 1 aliphatic carbocycles. The molecule has 0 aromatic carbocycles. The second-order valence-electron chi connectivity index (χ2n) is 5.01. The Hall–Kier alpha value is -0.330. The van der Waals surface area contributed by atoms with Crippen LogP contribution in [0.25, 0.3) is 0 Å². The van der Waals surface area contributed by atoms with Gasteiger partial charge in [-0.15, -0.1) is 0 Å². The van der Waals surface area contributed by atoms with Crippen molar-refractivity contribution in [3.8, 4) is 0 Å². The molecular formula is C11H20O. The van der Waals surface area contributed by atoms with Gasteiger partial charge in [-0.25, -0.2) is 0 Å². The molecule has 0 amide bonds. The van der Waals surface area contributed by atoms with E-state index in [1.165, 1.54) is 12.8 Å². The number of carbonyl (C=O) groups is 1. The van der Waals surface area contributed by atoms with E-state index in [0.29, 0.717) is 11.7 Å². The predicted molar refractivity (Wildman–Crippen MR) is 51.0 cm³/mol. The van der Waals surface area contributed by atoms with Gasteiger partial charge >= 0.3 is 0 Å². The monoisotopic (exact) mass is 168 g/mol. The smallest absolute Gasteiger partial charge is 0.141 e. The lowest BCUT2D eigenvalue weighted by Gasteiger charge is -2.16. The van der Waals surface area contributed by atoms with Crippen LogP contribution in [0.5, 0.6) is 0 Å². The zero-order valence-corrected chi connectivity index (χ0v) is 8.68. The van der Waals surface area contributed by atoms with Crippen molar-refractivity contribution >= 4 is 5.78 Å². The number of ketones is 1. The van der Waals surface area contributed by atoms with Gasteiger partial charge in [-0.2, -0.15) is 0 Å². The lowest BCUT2D eigenvalue weighted by atomic mass is 9.87. The van der Waals surface area contributed by atoms with Crippen molar-refractivity contribution in [2.24, 2.45) is 17.3 Å². The molecule has 12 heavy (non-hydrogen) atoms. The quantitative estimate of drug-likeness (QED) is 0.633. The molecule has 0 aliphatic heterocycles. The van der Waals surface area contributed by atoms with E-state index in [0.717, 1.165) is 12.3 Å². The summed E-state index contributed by atoms with van der Waals surface area (Å²) in [6.45, 7) is 8.26. The third-order valence-corrected chi connectivity index (χ3v) is 2.66. The Morgan fingerprint density at radius 1 is 1.42 bits per heavy atom. The summed E-state index contributed by atoms with van der Waals surface area (Å²) in [6.07, 6.45) is 3.62. The maximum Gasteiger partial charge on any atom is 0.141 e. The fourth-order valence-electron chi connectivity index (χ4n) is 1.81. The first kappa shape index (κ1) is 9.76. The molecule has 0 N–H and O–H groups in total. The summed E-state index contributed by atoms with van der Waals surface area (Å²) < 4.78 is 0. The summed E-state index contributed by atoms with van der Waals surface area (Å²) >= 11 is 0. The van der Waals surface area contributed by atoms with Crippen molar-refractivity contribution in [2.45, 2.75) is 47.0 Å². The van der Waals surface area contributed by atoms with Gasteiger partial charge in [-0.1, -0.05) is 34.1 Å². The van der Waals surface area contributed by atoms with Crippen LogP contribution in [0, 0.1) is 17.3 Å².